The molecule has 3 aromatic heterocycles. The van der Waals surface area contributed by atoms with Gasteiger partial charge in [0.05, 0.1) is 13.7 Å². The van der Waals surface area contributed by atoms with Crippen molar-refractivity contribution in [2.45, 2.75) is 32.4 Å². The van der Waals surface area contributed by atoms with E-state index in [2.05, 4.69) is 25.6 Å². The fourth-order valence-corrected chi connectivity index (χ4v) is 5.18. The van der Waals surface area contributed by atoms with Crippen LogP contribution < -0.4 is 20.1 Å². The molecule has 1 aliphatic heterocycles. The van der Waals surface area contributed by atoms with E-state index in [0.29, 0.717) is 60.0 Å². The van der Waals surface area contributed by atoms with E-state index < -0.39 is 5.91 Å². The predicted molar refractivity (Wildman–Crippen MR) is 167 cm³/mol. The van der Waals surface area contributed by atoms with Gasteiger partial charge in [0.1, 0.15) is 22.6 Å². The Labute approximate surface area is 258 Å². The van der Waals surface area contributed by atoms with Crippen LogP contribution in [0.15, 0.2) is 73.1 Å². The first-order valence-electron chi connectivity index (χ1n) is 14.5. The van der Waals surface area contributed by atoms with Crippen LogP contribution in [0.4, 0.5) is 11.8 Å². The molecule has 1 aliphatic rings. The summed E-state index contributed by atoms with van der Waals surface area (Å²) in [7, 11) is 1.63. The fraction of sp³-hybridized carbons (Fsp3) is 0.250. The van der Waals surface area contributed by atoms with Gasteiger partial charge in [0.2, 0.25) is 17.7 Å². The molecule has 13 nitrogen and oxygen atoms in total. The Morgan fingerprint density at radius 3 is 2.49 bits per heavy atom. The molecule has 45 heavy (non-hydrogen) atoms. The predicted octanol–water partition coefficient (Wildman–Crippen LogP) is 4.45. The van der Waals surface area contributed by atoms with Crippen molar-refractivity contribution >= 4 is 34.6 Å². The van der Waals surface area contributed by atoms with Gasteiger partial charge in [-0.15, -0.1) is 0 Å². The summed E-state index contributed by atoms with van der Waals surface area (Å²) >= 11 is 0. The standard InChI is InChI=1S/C32H32N8O5/c1-3-27(42)39-17-14-22(19-39)35-29-28-25(12-15-33-30(28)40(38-29)18-20-4-8-23(44-2)9-5-20)45-24-10-6-21(7-11-24)31(43)37-32-34-16-13-26(41)36-32/h4-13,15-16,22H,3,14,17-19H2,1-2H3,(H,35,38)(H2,34,36,37,41,43). The van der Waals surface area contributed by atoms with Crippen LogP contribution in [0.5, 0.6) is 23.1 Å². The zero-order valence-electron chi connectivity index (χ0n) is 24.8. The number of anilines is 2. The number of likely N-dealkylation sites (tertiary alicyclic amines) is 1. The summed E-state index contributed by atoms with van der Waals surface area (Å²) in [6.07, 6.45) is 4.28. The van der Waals surface area contributed by atoms with Gasteiger partial charge in [0.15, 0.2) is 11.5 Å². The molecule has 0 bridgehead atoms. The van der Waals surface area contributed by atoms with Crippen LogP contribution in [0, 0.1) is 0 Å². The first-order chi connectivity index (χ1) is 21.9. The molecule has 2 aromatic carbocycles. The number of nitrogens with one attached hydrogen (secondary N) is 2. The Hall–Kier alpha value is -5.72. The smallest absolute Gasteiger partial charge is 0.258 e. The first kappa shape index (κ1) is 29.4. The molecule has 0 saturated carbocycles. The highest BCUT2D eigenvalue weighted by Crippen LogP contribution is 2.35. The van der Waals surface area contributed by atoms with Gasteiger partial charge in [0.25, 0.3) is 5.91 Å². The Kier molecular flexibility index (Phi) is 8.40. The van der Waals surface area contributed by atoms with Crippen molar-refractivity contribution in [1.82, 2.24) is 29.6 Å². The van der Waals surface area contributed by atoms with Crippen LogP contribution >= 0.6 is 0 Å². The van der Waals surface area contributed by atoms with E-state index in [1.807, 2.05) is 40.8 Å². The highest BCUT2D eigenvalue weighted by molar-refractivity contribution is 6.03. The molecule has 2 amide bonds. The number of hydrogen-bond donors (Lipinski definition) is 3. The molecular weight excluding hydrogens is 576 g/mol. The van der Waals surface area contributed by atoms with Crippen molar-refractivity contribution in [3.05, 3.63) is 84.2 Å². The largest absolute Gasteiger partial charge is 0.497 e. The summed E-state index contributed by atoms with van der Waals surface area (Å²) in [5.74, 6) is 1.87. The molecule has 1 saturated heterocycles. The van der Waals surface area contributed by atoms with Crippen molar-refractivity contribution < 1.29 is 24.2 Å². The molecule has 3 N–H and O–H groups in total. The number of ether oxygens (including phenoxy) is 2. The van der Waals surface area contributed by atoms with Gasteiger partial charge < -0.3 is 24.8 Å². The van der Waals surface area contributed by atoms with E-state index in [0.717, 1.165) is 17.7 Å². The average molecular weight is 609 g/mol. The van der Waals surface area contributed by atoms with Crippen LogP contribution in [0.25, 0.3) is 11.0 Å². The topological polar surface area (TPSA) is 157 Å². The zero-order chi connectivity index (χ0) is 31.3. The molecule has 0 spiro atoms. The molecule has 230 valence electrons. The second-order valence-corrected chi connectivity index (χ2v) is 10.5. The van der Waals surface area contributed by atoms with Gasteiger partial charge >= 0.3 is 0 Å². The Bertz CT molecular complexity index is 1820. The normalized spacial score (nSPS) is 14.4. The number of carbonyl (C=O) groups excluding carboxylic acids is 2. The molecular formula is C32H32N8O5. The molecule has 4 heterocycles. The SMILES string of the molecule is CCC(=O)N1CCC(Nc2nn(Cc3ccc(OC)cc3)c3nccc(Oc4ccc(C(=O)Nc5nccc(O)n5)cc4)c23)C1. The van der Waals surface area contributed by atoms with Crippen LogP contribution in [-0.4, -0.2) is 72.8 Å². The van der Waals surface area contributed by atoms with Gasteiger partial charge in [0, 0.05) is 55.6 Å². The monoisotopic (exact) mass is 608 g/mol. The Morgan fingerprint density at radius 1 is 1.00 bits per heavy atom. The highest BCUT2D eigenvalue weighted by atomic mass is 16.5. The molecule has 1 fully saturated rings. The Balaban J connectivity index is 1.27. The quantitative estimate of drug-likeness (QED) is 0.207. The highest BCUT2D eigenvalue weighted by Gasteiger charge is 2.27. The number of hydrogen-bond acceptors (Lipinski definition) is 10. The number of aromatic nitrogens is 5. The number of amides is 2. The summed E-state index contributed by atoms with van der Waals surface area (Å²) in [5.41, 5.74) is 2.01. The number of fused-ring (bicyclic) bond motifs is 1. The van der Waals surface area contributed by atoms with E-state index in [1.54, 1.807) is 43.6 Å². The van der Waals surface area contributed by atoms with E-state index in [1.165, 1.54) is 12.3 Å². The van der Waals surface area contributed by atoms with Gasteiger partial charge in [-0.25, -0.2) is 14.6 Å². The molecule has 1 atom stereocenters. The molecule has 1 unspecified atom stereocenters. The van der Waals surface area contributed by atoms with Gasteiger partial charge in [-0.05, 0) is 48.4 Å². The number of pyridine rings is 1. The van der Waals surface area contributed by atoms with E-state index in [9.17, 15) is 14.7 Å². The third-order valence-electron chi connectivity index (χ3n) is 7.48. The van der Waals surface area contributed by atoms with Gasteiger partial charge in [-0.3, -0.25) is 14.9 Å². The van der Waals surface area contributed by atoms with Crippen molar-refractivity contribution in [2.24, 2.45) is 0 Å². The number of nitrogens with zero attached hydrogens (tertiary/aromatic N) is 6. The van der Waals surface area contributed by atoms with Crippen molar-refractivity contribution in [2.75, 3.05) is 30.8 Å². The van der Waals surface area contributed by atoms with Crippen molar-refractivity contribution in [1.29, 1.82) is 0 Å². The molecule has 0 aliphatic carbocycles. The third-order valence-corrected chi connectivity index (χ3v) is 7.48. The zero-order valence-corrected chi connectivity index (χ0v) is 24.8. The summed E-state index contributed by atoms with van der Waals surface area (Å²) in [4.78, 5) is 39.2. The van der Waals surface area contributed by atoms with Crippen LogP contribution in [0.3, 0.4) is 0 Å². The molecule has 6 rings (SSSR count). The summed E-state index contributed by atoms with van der Waals surface area (Å²) in [6, 6.07) is 17.5. The number of methoxy groups -OCH3 is 1. The maximum Gasteiger partial charge on any atom is 0.258 e. The number of benzene rings is 2. The summed E-state index contributed by atoms with van der Waals surface area (Å²) in [5, 5.41) is 21.2. The summed E-state index contributed by atoms with van der Waals surface area (Å²) < 4.78 is 13.5. The van der Waals surface area contributed by atoms with E-state index in [4.69, 9.17) is 14.6 Å². The third kappa shape index (κ3) is 6.61. The maximum atomic E-state index is 12.7. The average Bonchev–Trinajstić information content (AvgIpc) is 3.66. The molecule has 13 heteroatoms. The second-order valence-electron chi connectivity index (χ2n) is 10.5. The van der Waals surface area contributed by atoms with Gasteiger partial charge in [-0.1, -0.05) is 19.1 Å². The molecule has 0 radical (unpaired) electrons. The van der Waals surface area contributed by atoms with Crippen molar-refractivity contribution in [3.8, 4) is 23.1 Å². The van der Waals surface area contributed by atoms with E-state index >= 15 is 0 Å². The fourth-order valence-electron chi connectivity index (χ4n) is 5.18. The van der Waals surface area contributed by atoms with Crippen LogP contribution in [0.2, 0.25) is 0 Å². The lowest BCUT2D eigenvalue weighted by molar-refractivity contribution is -0.129. The minimum Gasteiger partial charge on any atom is -0.497 e. The van der Waals surface area contributed by atoms with Crippen molar-refractivity contribution in [3.63, 3.8) is 0 Å². The summed E-state index contributed by atoms with van der Waals surface area (Å²) in [6.45, 7) is 3.62. The minimum atomic E-state index is -0.433. The number of rotatable bonds is 10. The van der Waals surface area contributed by atoms with E-state index in [-0.39, 0.29) is 23.8 Å². The van der Waals surface area contributed by atoms with Gasteiger partial charge in [-0.2, -0.15) is 10.1 Å². The van der Waals surface area contributed by atoms with Crippen LogP contribution in [0.1, 0.15) is 35.7 Å². The lowest BCUT2D eigenvalue weighted by Gasteiger charge is -2.16. The van der Waals surface area contributed by atoms with Crippen LogP contribution in [-0.2, 0) is 11.3 Å². The lowest BCUT2D eigenvalue weighted by atomic mass is 10.2. The number of aromatic hydroxyl groups is 1. The first-order valence-corrected chi connectivity index (χ1v) is 14.5. The molecule has 5 aromatic rings. The second kappa shape index (κ2) is 12.9. The Morgan fingerprint density at radius 2 is 1.76 bits per heavy atom. The maximum absolute atomic E-state index is 12.7. The lowest BCUT2D eigenvalue weighted by Crippen LogP contribution is -2.31. The number of carbonyl (C=O) groups is 2. The minimum absolute atomic E-state index is 0.00405.